The molecule has 0 fully saturated rings. The minimum absolute atomic E-state index is 0.0918. The van der Waals surface area contributed by atoms with Gasteiger partial charge in [-0.25, -0.2) is 0 Å². The highest BCUT2D eigenvalue weighted by atomic mass is 79.9. The summed E-state index contributed by atoms with van der Waals surface area (Å²) in [7, 11) is 0. The fraction of sp³-hybridized carbons (Fsp3) is 0.219. The van der Waals surface area contributed by atoms with Crippen molar-refractivity contribution in [1.29, 1.82) is 0 Å². The summed E-state index contributed by atoms with van der Waals surface area (Å²) >= 11 is 3.52. The van der Waals surface area contributed by atoms with Crippen LogP contribution in [0, 0.1) is 0 Å². The maximum absolute atomic E-state index is 14.2. The standard InChI is InChI=1S/C32H30BrN3O3/c1-21(2)34-31(38)28(18-22-9-4-3-5-10-22)35(19-23-11-6-14-25(33)17-23)29(37)20-36-27-16-8-13-24-12-7-15-26(30(24)27)32(36)39/h3-17,21,28H,18-20H2,1-2H3,(H,34,38)/t28-/m1/s1. The number of halogens is 1. The molecule has 4 aromatic carbocycles. The molecule has 0 saturated heterocycles. The summed E-state index contributed by atoms with van der Waals surface area (Å²) in [6.45, 7) is 3.86. The summed E-state index contributed by atoms with van der Waals surface area (Å²) in [5, 5.41) is 4.82. The Bertz CT molecular complexity index is 1530. The monoisotopic (exact) mass is 583 g/mol. The van der Waals surface area contributed by atoms with Gasteiger partial charge in [0.25, 0.3) is 5.91 Å². The molecule has 1 aliphatic rings. The van der Waals surface area contributed by atoms with Crippen molar-refractivity contribution in [2.45, 2.75) is 38.9 Å². The van der Waals surface area contributed by atoms with Crippen molar-refractivity contribution in [2.24, 2.45) is 0 Å². The minimum Gasteiger partial charge on any atom is -0.352 e. The number of carbonyl (C=O) groups excluding carboxylic acids is 3. The number of carbonyl (C=O) groups is 3. The number of nitrogens with zero attached hydrogens (tertiary/aromatic N) is 2. The van der Waals surface area contributed by atoms with Gasteiger partial charge in [0.15, 0.2) is 0 Å². The quantitative estimate of drug-likeness (QED) is 0.274. The molecule has 5 rings (SSSR count). The van der Waals surface area contributed by atoms with E-state index in [4.69, 9.17) is 0 Å². The molecule has 0 radical (unpaired) electrons. The van der Waals surface area contributed by atoms with E-state index in [1.54, 1.807) is 11.0 Å². The summed E-state index contributed by atoms with van der Waals surface area (Å²) < 4.78 is 0.885. The molecule has 0 unspecified atom stereocenters. The Morgan fingerprint density at radius 3 is 2.31 bits per heavy atom. The van der Waals surface area contributed by atoms with Crippen molar-refractivity contribution in [3.8, 4) is 0 Å². The first-order chi connectivity index (χ1) is 18.8. The molecule has 0 aromatic heterocycles. The van der Waals surface area contributed by atoms with E-state index in [0.29, 0.717) is 12.0 Å². The van der Waals surface area contributed by atoms with Crippen LogP contribution >= 0.6 is 15.9 Å². The van der Waals surface area contributed by atoms with Crippen LogP contribution in [-0.4, -0.2) is 41.2 Å². The van der Waals surface area contributed by atoms with Crippen molar-refractivity contribution in [3.63, 3.8) is 0 Å². The van der Waals surface area contributed by atoms with Gasteiger partial charge in [-0.15, -0.1) is 0 Å². The summed E-state index contributed by atoms with van der Waals surface area (Å²) in [6.07, 6.45) is 0.350. The van der Waals surface area contributed by atoms with Crippen LogP contribution in [0.3, 0.4) is 0 Å². The highest BCUT2D eigenvalue weighted by Crippen LogP contribution is 2.37. The summed E-state index contributed by atoms with van der Waals surface area (Å²) in [5.74, 6) is -0.730. The average molecular weight is 585 g/mol. The van der Waals surface area contributed by atoms with E-state index in [1.807, 2.05) is 98.8 Å². The SMILES string of the molecule is CC(C)NC(=O)[C@@H](Cc1ccccc1)N(Cc1cccc(Br)c1)C(=O)CN1C(=O)c2cccc3cccc1c23. The molecule has 3 amide bonds. The minimum atomic E-state index is -0.767. The van der Waals surface area contributed by atoms with Crippen molar-refractivity contribution >= 4 is 50.1 Å². The van der Waals surface area contributed by atoms with Crippen LogP contribution in [0.2, 0.25) is 0 Å². The zero-order chi connectivity index (χ0) is 27.5. The van der Waals surface area contributed by atoms with E-state index in [-0.39, 0.29) is 36.9 Å². The number of hydrogen-bond acceptors (Lipinski definition) is 3. The summed E-state index contributed by atoms with van der Waals surface area (Å²) in [6, 6.07) is 27.9. The number of amides is 3. The molecule has 198 valence electrons. The van der Waals surface area contributed by atoms with Gasteiger partial charge in [0.1, 0.15) is 12.6 Å². The smallest absolute Gasteiger partial charge is 0.259 e. The molecular weight excluding hydrogens is 554 g/mol. The van der Waals surface area contributed by atoms with Crippen molar-refractivity contribution in [1.82, 2.24) is 10.2 Å². The molecule has 0 spiro atoms. The number of nitrogens with one attached hydrogen (secondary N) is 1. The molecule has 1 atom stereocenters. The lowest BCUT2D eigenvalue weighted by Crippen LogP contribution is -2.54. The number of hydrogen-bond donors (Lipinski definition) is 1. The van der Waals surface area contributed by atoms with Crippen molar-refractivity contribution in [2.75, 3.05) is 11.4 Å². The van der Waals surface area contributed by atoms with Gasteiger partial charge in [-0.2, -0.15) is 0 Å². The van der Waals surface area contributed by atoms with E-state index in [1.165, 1.54) is 4.90 Å². The fourth-order valence-corrected chi connectivity index (χ4v) is 5.58. The molecule has 1 heterocycles. The van der Waals surface area contributed by atoms with Crippen molar-refractivity contribution in [3.05, 3.63) is 112 Å². The van der Waals surface area contributed by atoms with Crippen LogP contribution in [0.4, 0.5) is 5.69 Å². The van der Waals surface area contributed by atoms with Gasteiger partial charge in [-0.3, -0.25) is 19.3 Å². The highest BCUT2D eigenvalue weighted by molar-refractivity contribution is 9.10. The lowest BCUT2D eigenvalue weighted by molar-refractivity contribution is -0.140. The first-order valence-electron chi connectivity index (χ1n) is 13.0. The zero-order valence-corrected chi connectivity index (χ0v) is 23.5. The fourth-order valence-electron chi connectivity index (χ4n) is 5.13. The van der Waals surface area contributed by atoms with E-state index in [2.05, 4.69) is 21.2 Å². The normalized spacial score (nSPS) is 13.1. The second-order valence-corrected chi connectivity index (χ2v) is 11.0. The number of rotatable bonds is 9. The lowest BCUT2D eigenvalue weighted by atomic mass is 10.0. The van der Waals surface area contributed by atoms with Gasteiger partial charge < -0.3 is 10.2 Å². The third-order valence-corrected chi connectivity index (χ3v) is 7.38. The Kier molecular flexibility index (Phi) is 7.79. The van der Waals surface area contributed by atoms with Crippen LogP contribution in [0.25, 0.3) is 10.8 Å². The average Bonchev–Trinajstić information content (AvgIpc) is 3.19. The molecule has 4 aromatic rings. The first kappa shape index (κ1) is 26.6. The summed E-state index contributed by atoms with van der Waals surface area (Å²) in [5.41, 5.74) is 3.14. The van der Waals surface area contributed by atoms with Gasteiger partial charge in [0, 0.05) is 34.4 Å². The zero-order valence-electron chi connectivity index (χ0n) is 21.9. The lowest BCUT2D eigenvalue weighted by Gasteiger charge is -2.33. The summed E-state index contributed by atoms with van der Waals surface area (Å²) in [4.78, 5) is 44.4. The Balaban J connectivity index is 1.52. The van der Waals surface area contributed by atoms with Gasteiger partial charge in [0.2, 0.25) is 11.8 Å². The second kappa shape index (κ2) is 11.4. The van der Waals surface area contributed by atoms with Crippen LogP contribution in [-0.2, 0) is 22.6 Å². The molecule has 6 nitrogen and oxygen atoms in total. The Morgan fingerprint density at radius 1 is 0.897 bits per heavy atom. The van der Waals surface area contributed by atoms with Gasteiger partial charge in [0.05, 0.1) is 5.69 Å². The topological polar surface area (TPSA) is 69.7 Å². The largest absolute Gasteiger partial charge is 0.352 e. The Hall–Kier alpha value is -3.97. The number of benzene rings is 4. The van der Waals surface area contributed by atoms with Gasteiger partial charge in [-0.1, -0.05) is 82.7 Å². The third-order valence-electron chi connectivity index (χ3n) is 6.89. The van der Waals surface area contributed by atoms with Gasteiger partial charge in [-0.05, 0) is 54.6 Å². The second-order valence-electron chi connectivity index (χ2n) is 10.1. The predicted octanol–water partition coefficient (Wildman–Crippen LogP) is 5.73. The molecule has 0 aliphatic carbocycles. The van der Waals surface area contributed by atoms with E-state index < -0.39 is 6.04 Å². The molecule has 0 bridgehead atoms. The van der Waals surface area contributed by atoms with Gasteiger partial charge >= 0.3 is 0 Å². The number of anilines is 1. The van der Waals surface area contributed by atoms with E-state index >= 15 is 0 Å². The molecule has 0 saturated carbocycles. The molecule has 7 heteroatoms. The maximum Gasteiger partial charge on any atom is 0.259 e. The molecular formula is C32H30BrN3O3. The maximum atomic E-state index is 14.2. The van der Waals surface area contributed by atoms with Crippen LogP contribution in [0.5, 0.6) is 0 Å². The van der Waals surface area contributed by atoms with Crippen molar-refractivity contribution < 1.29 is 14.4 Å². The molecule has 1 aliphatic heterocycles. The van der Waals surface area contributed by atoms with Crippen LogP contribution in [0.15, 0.2) is 95.5 Å². The molecule has 1 N–H and O–H groups in total. The Morgan fingerprint density at radius 2 is 1.59 bits per heavy atom. The first-order valence-corrected chi connectivity index (χ1v) is 13.8. The molecule has 39 heavy (non-hydrogen) atoms. The van der Waals surface area contributed by atoms with Crippen LogP contribution in [0.1, 0.15) is 35.3 Å². The Labute approximate surface area is 236 Å². The highest BCUT2D eigenvalue weighted by Gasteiger charge is 2.36. The van der Waals surface area contributed by atoms with E-state index in [0.717, 1.165) is 32.1 Å². The van der Waals surface area contributed by atoms with Crippen LogP contribution < -0.4 is 10.2 Å². The third kappa shape index (κ3) is 5.73. The predicted molar refractivity (Wildman–Crippen MR) is 158 cm³/mol. The van der Waals surface area contributed by atoms with E-state index in [9.17, 15) is 14.4 Å².